The first kappa shape index (κ1) is 23.5. The van der Waals surface area contributed by atoms with Gasteiger partial charge in [-0.05, 0) is 49.6 Å². The van der Waals surface area contributed by atoms with E-state index in [9.17, 15) is 22.8 Å². The van der Waals surface area contributed by atoms with Crippen molar-refractivity contribution in [3.63, 3.8) is 0 Å². The zero-order valence-electron chi connectivity index (χ0n) is 17.6. The van der Waals surface area contributed by atoms with Crippen LogP contribution >= 0.6 is 23.1 Å². The summed E-state index contributed by atoms with van der Waals surface area (Å²) in [6, 6.07) is 10.7. The first-order valence-electron chi connectivity index (χ1n) is 10.3. The Kier molecular flexibility index (Phi) is 6.63. The second kappa shape index (κ2) is 9.30. The molecule has 1 unspecified atom stereocenters. The number of aliphatic carboxylic acids is 1. The highest BCUT2D eigenvalue weighted by molar-refractivity contribution is 7.98. The van der Waals surface area contributed by atoms with Crippen LogP contribution in [0.3, 0.4) is 0 Å². The van der Waals surface area contributed by atoms with Gasteiger partial charge in [-0.2, -0.15) is 13.2 Å². The number of carbonyl (C=O) groups excluding carboxylic acids is 1. The van der Waals surface area contributed by atoms with Crippen molar-refractivity contribution < 1.29 is 27.9 Å². The summed E-state index contributed by atoms with van der Waals surface area (Å²) in [7, 11) is 0. The van der Waals surface area contributed by atoms with E-state index in [1.807, 2.05) is 25.1 Å². The predicted octanol–water partition coefficient (Wildman–Crippen LogP) is 6.65. The number of carboxylic acids is 1. The Morgan fingerprint density at radius 2 is 1.94 bits per heavy atom. The molecule has 172 valence electrons. The van der Waals surface area contributed by atoms with Crippen LogP contribution < -0.4 is 0 Å². The van der Waals surface area contributed by atoms with E-state index < -0.39 is 23.6 Å². The predicted molar refractivity (Wildman–Crippen MR) is 122 cm³/mol. The Morgan fingerprint density at radius 3 is 2.61 bits per heavy atom. The monoisotopic (exact) mass is 491 g/mol. The molecule has 0 spiro atoms. The van der Waals surface area contributed by atoms with Crippen molar-refractivity contribution in [2.75, 3.05) is 0 Å². The van der Waals surface area contributed by atoms with Gasteiger partial charge < -0.3 is 5.11 Å². The van der Waals surface area contributed by atoms with Gasteiger partial charge in [-0.3, -0.25) is 9.59 Å². The number of thioether (sulfide) groups is 1. The van der Waals surface area contributed by atoms with E-state index in [0.29, 0.717) is 34.7 Å². The quantitative estimate of drug-likeness (QED) is 0.391. The Morgan fingerprint density at radius 1 is 1.21 bits per heavy atom. The van der Waals surface area contributed by atoms with Gasteiger partial charge in [0, 0.05) is 32.6 Å². The van der Waals surface area contributed by atoms with Crippen molar-refractivity contribution in [1.29, 1.82) is 0 Å². The molecular weight excluding hydrogens is 471 g/mol. The van der Waals surface area contributed by atoms with E-state index in [0.717, 1.165) is 33.2 Å². The van der Waals surface area contributed by atoms with E-state index in [2.05, 4.69) is 4.98 Å². The number of ketones is 1. The number of carboxylic acid groups (broad SMARTS) is 1. The largest absolute Gasteiger partial charge is 0.481 e. The van der Waals surface area contributed by atoms with E-state index in [4.69, 9.17) is 5.11 Å². The number of rotatable bonds is 6. The standard InChI is InChI=1S/C24H20F3NO3S2/c1-13-20(33-23(28-13)15-4-7-17(8-5-15)24(25,26)27)12-32-18-9-6-14-2-3-16(10-21(29)30)22(31)19(14)11-18/h4-9,11,16H,2-3,10,12H2,1H3,(H,29,30). The zero-order valence-corrected chi connectivity index (χ0v) is 19.2. The smallest absolute Gasteiger partial charge is 0.416 e. The lowest BCUT2D eigenvalue weighted by Gasteiger charge is -2.22. The summed E-state index contributed by atoms with van der Waals surface area (Å²) in [5, 5.41) is 9.71. The van der Waals surface area contributed by atoms with Crippen LogP contribution in [0.4, 0.5) is 13.2 Å². The van der Waals surface area contributed by atoms with Crippen LogP contribution in [0.15, 0.2) is 47.4 Å². The fourth-order valence-corrected chi connectivity index (χ4v) is 5.96. The number of benzene rings is 2. The van der Waals surface area contributed by atoms with Crippen molar-refractivity contribution in [1.82, 2.24) is 4.98 Å². The van der Waals surface area contributed by atoms with Crippen LogP contribution in [0.5, 0.6) is 0 Å². The molecule has 33 heavy (non-hydrogen) atoms. The van der Waals surface area contributed by atoms with Crippen LogP contribution in [-0.4, -0.2) is 21.8 Å². The lowest BCUT2D eigenvalue weighted by Crippen LogP contribution is -2.24. The van der Waals surface area contributed by atoms with E-state index in [1.165, 1.54) is 23.5 Å². The van der Waals surface area contributed by atoms with Crippen molar-refractivity contribution in [2.24, 2.45) is 5.92 Å². The average Bonchev–Trinajstić information content (AvgIpc) is 3.14. The minimum absolute atomic E-state index is 0.111. The number of halogens is 3. The maximum absolute atomic E-state index is 12.8. The summed E-state index contributed by atoms with van der Waals surface area (Å²) in [6.45, 7) is 1.87. The number of aryl methyl sites for hydroxylation is 2. The number of thiazole rings is 1. The second-order valence-corrected chi connectivity index (χ2v) is 10.0. The molecule has 0 aliphatic heterocycles. The van der Waals surface area contributed by atoms with Gasteiger partial charge in [-0.1, -0.05) is 18.2 Å². The molecule has 1 atom stereocenters. The Hall–Kier alpha value is -2.65. The normalized spacial score (nSPS) is 16.0. The van der Waals surface area contributed by atoms with Gasteiger partial charge in [0.25, 0.3) is 0 Å². The molecule has 1 heterocycles. The van der Waals surface area contributed by atoms with Gasteiger partial charge in [0.2, 0.25) is 0 Å². The van der Waals surface area contributed by atoms with Crippen molar-refractivity contribution in [2.45, 2.75) is 43.0 Å². The summed E-state index contributed by atoms with van der Waals surface area (Å²) in [4.78, 5) is 30.2. The summed E-state index contributed by atoms with van der Waals surface area (Å²) < 4.78 is 38.4. The highest BCUT2D eigenvalue weighted by atomic mass is 32.2. The third-order valence-electron chi connectivity index (χ3n) is 5.62. The molecule has 2 aromatic carbocycles. The number of fused-ring (bicyclic) bond motifs is 1. The summed E-state index contributed by atoms with van der Waals surface area (Å²) in [6.07, 6.45) is -3.28. The number of alkyl halides is 3. The third-order valence-corrected chi connectivity index (χ3v) is 8.03. The number of nitrogens with zero attached hydrogens (tertiary/aromatic N) is 1. The molecule has 4 nitrogen and oxygen atoms in total. The molecule has 1 N–H and O–H groups in total. The zero-order chi connectivity index (χ0) is 23.8. The van der Waals surface area contributed by atoms with Crippen LogP contribution in [0.25, 0.3) is 10.6 Å². The number of hydrogen-bond donors (Lipinski definition) is 1. The van der Waals surface area contributed by atoms with Crippen molar-refractivity contribution in [3.8, 4) is 10.6 Å². The fraction of sp³-hybridized carbons (Fsp3) is 0.292. The second-order valence-electron chi connectivity index (χ2n) is 7.91. The van der Waals surface area contributed by atoms with E-state index >= 15 is 0 Å². The molecule has 0 saturated heterocycles. The minimum atomic E-state index is -4.37. The van der Waals surface area contributed by atoms with E-state index in [-0.39, 0.29) is 12.2 Å². The van der Waals surface area contributed by atoms with Gasteiger partial charge in [0.1, 0.15) is 5.01 Å². The first-order chi connectivity index (χ1) is 15.6. The van der Waals surface area contributed by atoms with Crippen LogP contribution in [0.1, 0.15) is 44.9 Å². The fourth-order valence-electron chi connectivity index (χ4n) is 3.82. The van der Waals surface area contributed by atoms with Gasteiger partial charge in [0.15, 0.2) is 5.78 Å². The van der Waals surface area contributed by atoms with Crippen LogP contribution in [0.2, 0.25) is 0 Å². The summed E-state index contributed by atoms with van der Waals surface area (Å²) in [5.74, 6) is -0.952. The third kappa shape index (κ3) is 5.30. The molecule has 3 aromatic rings. The SMILES string of the molecule is Cc1nc(-c2ccc(C(F)(F)F)cc2)sc1CSc1ccc2c(c1)C(=O)C(CC(=O)O)CC2. The Balaban J connectivity index is 1.47. The summed E-state index contributed by atoms with van der Waals surface area (Å²) >= 11 is 2.98. The minimum Gasteiger partial charge on any atom is -0.481 e. The van der Waals surface area contributed by atoms with Crippen LogP contribution in [0, 0.1) is 12.8 Å². The van der Waals surface area contributed by atoms with Gasteiger partial charge in [-0.25, -0.2) is 4.98 Å². The highest BCUT2D eigenvalue weighted by Gasteiger charge is 2.30. The number of carbonyl (C=O) groups is 2. The lowest BCUT2D eigenvalue weighted by molar-refractivity contribution is -0.138. The topological polar surface area (TPSA) is 67.3 Å². The lowest BCUT2D eigenvalue weighted by atomic mass is 9.81. The molecule has 0 fully saturated rings. The molecule has 0 bridgehead atoms. The van der Waals surface area contributed by atoms with Gasteiger partial charge in [0.05, 0.1) is 17.7 Å². The summed E-state index contributed by atoms with van der Waals surface area (Å²) in [5.41, 5.74) is 2.31. The molecule has 1 aromatic heterocycles. The van der Waals surface area contributed by atoms with Crippen molar-refractivity contribution >= 4 is 34.9 Å². The molecule has 1 aliphatic rings. The van der Waals surface area contributed by atoms with E-state index in [1.54, 1.807) is 11.8 Å². The molecule has 0 saturated carbocycles. The molecule has 0 radical (unpaired) electrons. The molecule has 0 amide bonds. The molecule has 1 aliphatic carbocycles. The number of Topliss-reactive ketones (excluding diaryl/α,β-unsaturated/α-hetero) is 1. The van der Waals surface area contributed by atoms with Crippen LogP contribution in [-0.2, 0) is 23.1 Å². The molecular formula is C24H20F3NO3S2. The number of hydrogen-bond acceptors (Lipinski definition) is 5. The maximum Gasteiger partial charge on any atom is 0.416 e. The maximum atomic E-state index is 12.8. The van der Waals surface area contributed by atoms with Crippen molar-refractivity contribution in [3.05, 3.63) is 69.7 Å². The van der Waals surface area contributed by atoms with Gasteiger partial charge >= 0.3 is 12.1 Å². The number of aromatic nitrogens is 1. The van der Waals surface area contributed by atoms with Gasteiger partial charge in [-0.15, -0.1) is 23.1 Å². The molecule has 4 rings (SSSR count). The Bertz CT molecular complexity index is 1200. The highest BCUT2D eigenvalue weighted by Crippen LogP contribution is 2.36. The molecule has 9 heteroatoms. The first-order valence-corrected chi connectivity index (χ1v) is 12.1. The average molecular weight is 492 g/mol. The Labute approximate surface area is 196 Å².